The summed E-state index contributed by atoms with van der Waals surface area (Å²) in [7, 11) is 0. The number of aromatic nitrogens is 2. The van der Waals surface area contributed by atoms with Crippen molar-refractivity contribution in [1.29, 1.82) is 0 Å². The van der Waals surface area contributed by atoms with Crippen molar-refractivity contribution in [2.45, 2.75) is 38.3 Å². The average molecular weight is 366 g/mol. The van der Waals surface area contributed by atoms with Crippen molar-refractivity contribution in [3.05, 3.63) is 48.1 Å². The highest BCUT2D eigenvalue weighted by Gasteiger charge is 2.51. The van der Waals surface area contributed by atoms with E-state index in [1.54, 1.807) is 6.92 Å². The molecule has 27 heavy (non-hydrogen) atoms. The Balaban J connectivity index is 0.00000210. The summed E-state index contributed by atoms with van der Waals surface area (Å²) in [5, 5.41) is 14.9. The first-order chi connectivity index (χ1) is 12.7. The van der Waals surface area contributed by atoms with Gasteiger partial charge in [0, 0.05) is 13.8 Å². The van der Waals surface area contributed by atoms with Crippen LogP contribution in [0.2, 0.25) is 0 Å². The Morgan fingerprint density at radius 1 is 1.30 bits per heavy atom. The van der Waals surface area contributed by atoms with E-state index < -0.39 is 6.10 Å². The minimum atomic E-state index is -0.400. The van der Waals surface area contributed by atoms with Crippen LogP contribution in [-0.4, -0.2) is 60.4 Å². The number of aliphatic hydroxyl groups excluding tert-OH is 1. The predicted molar refractivity (Wildman–Crippen MR) is 103 cm³/mol. The van der Waals surface area contributed by atoms with Crippen molar-refractivity contribution in [3.8, 4) is 5.75 Å². The lowest BCUT2D eigenvalue weighted by atomic mass is 9.65. The topological polar surface area (TPSA) is 71.6 Å². The number of para-hydroxylation sites is 1. The van der Waals surface area contributed by atoms with E-state index in [-0.39, 0.29) is 19.9 Å². The van der Waals surface area contributed by atoms with Gasteiger partial charge in [0.25, 0.3) is 0 Å². The minimum absolute atomic E-state index is 0. The number of nitrogens with zero attached hydrogens (tertiary/aromatic N) is 3. The number of ether oxygens (including phenoxy) is 1. The summed E-state index contributed by atoms with van der Waals surface area (Å²) in [4.78, 5) is 6.55. The van der Waals surface area contributed by atoms with Crippen LogP contribution in [-0.2, 0) is 0 Å². The number of fused-ring (bicyclic) bond motifs is 3. The Hall–Kier alpha value is -2.12. The van der Waals surface area contributed by atoms with Crippen molar-refractivity contribution < 1.29 is 14.4 Å². The highest BCUT2D eigenvalue weighted by atomic mass is 16.5. The number of aliphatic hydroxyl groups is 1. The van der Waals surface area contributed by atoms with E-state index in [1.165, 1.54) is 0 Å². The van der Waals surface area contributed by atoms with E-state index in [1.807, 2.05) is 36.4 Å². The molecule has 3 radical (unpaired) electrons. The van der Waals surface area contributed by atoms with Gasteiger partial charge in [0.15, 0.2) is 5.82 Å². The monoisotopic (exact) mass is 366 g/mol. The largest absolute Gasteiger partial charge is 0.492 e. The van der Waals surface area contributed by atoms with Gasteiger partial charge in [-0.2, -0.15) is 4.98 Å². The number of aryl methyl sites for hydroxylation is 1. The van der Waals surface area contributed by atoms with Crippen LogP contribution in [0.15, 0.2) is 40.9 Å². The van der Waals surface area contributed by atoms with Gasteiger partial charge in [-0.05, 0) is 57.5 Å². The fraction of sp³-hybridized carbons (Fsp3) is 0.500. The summed E-state index contributed by atoms with van der Waals surface area (Å²) in [6, 6.07) is 9.84. The van der Waals surface area contributed by atoms with Crippen molar-refractivity contribution in [2.24, 2.45) is 5.41 Å². The molecular weight excluding hydrogens is 341 g/mol. The molecule has 3 aliphatic heterocycles. The highest BCUT2D eigenvalue weighted by Crippen LogP contribution is 2.46. The molecule has 1 aromatic carbocycles. The molecule has 0 amide bonds. The zero-order valence-corrected chi connectivity index (χ0v) is 15.6. The van der Waals surface area contributed by atoms with Crippen LogP contribution in [0.3, 0.4) is 0 Å². The van der Waals surface area contributed by atoms with Gasteiger partial charge in [0.2, 0.25) is 5.89 Å². The van der Waals surface area contributed by atoms with E-state index in [2.05, 4.69) is 21.1 Å². The van der Waals surface area contributed by atoms with Gasteiger partial charge >= 0.3 is 0 Å². The van der Waals surface area contributed by atoms with Crippen molar-refractivity contribution in [2.75, 3.05) is 19.7 Å². The van der Waals surface area contributed by atoms with Gasteiger partial charge in [0.1, 0.15) is 12.4 Å². The molecule has 3 fully saturated rings. The van der Waals surface area contributed by atoms with Crippen molar-refractivity contribution in [3.63, 3.8) is 0 Å². The number of hydrogen-bond acceptors (Lipinski definition) is 6. The van der Waals surface area contributed by atoms with Crippen molar-refractivity contribution >= 4 is 14.5 Å². The molecule has 4 heterocycles. The van der Waals surface area contributed by atoms with Gasteiger partial charge in [-0.25, -0.2) is 0 Å². The zero-order valence-electron chi connectivity index (χ0n) is 15.6. The molecule has 3 saturated heterocycles. The zero-order chi connectivity index (χ0) is 18.0. The van der Waals surface area contributed by atoms with Gasteiger partial charge in [-0.3, -0.25) is 4.90 Å². The van der Waals surface area contributed by atoms with Gasteiger partial charge < -0.3 is 14.4 Å². The second-order valence-corrected chi connectivity index (χ2v) is 7.32. The second kappa shape index (κ2) is 8.27. The Morgan fingerprint density at radius 2 is 2.04 bits per heavy atom. The SMILES string of the molecule is Cc1noc(C=CCC23CCN(CC2)C(COc2ccccc2)C3O)n1.[B]. The number of benzene rings is 1. The van der Waals surface area contributed by atoms with Crippen LogP contribution >= 0.6 is 0 Å². The smallest absolute Gasteiger partial charge is 0.250 e. The third-order valence-corrected chi connectivity index (χ3v) is 5.75. The normalized spacial score (nSPS) is 29.6. The molecule has 2 aromatic rings. The lowest BCUT2D eigenvalue weighted by Crippen LogP contribution is -2.65. The van der Waals surface area contributed by atoms with E-state index in [0.717, 1.165) is 38.1 Å². The third-order valence-electron chi connectivity index (χ3n) is 5.75. The molecule has 5 rings (SSSR count). The van der Waals surface area contributed by atoms with Crippen LogP contribution in [0.1, 0.15) is 31.0 Å². The molecule has 7 heteroatoms. The number of rotatable bonds is 6. The summed E-state index contributed by atoms with van der Waals surface area (Å²) < 4.78 is 11.1. The Labute approximate surface area is 161 Å². The molecular formula is C20H25BN3O3. The van der Waals surface area contributed by atoms with Crippen LogP contribution in [0.4, 0.5) is 0 Å². The van der Waals surface area contributed by atoms with Gasteiger partial charge in [-0.15, -0.1) is 0 Å². The maximum absolute atomic E-state index is 11.1. The molecule has 2 bridgehead atoms. The first-order valence-electron chi connectivity index (χ1n) is 9.23. The molecule has 6 nitrogen and oxygen atoms in total. The first kappa shape index (κ1) is 19.6. The molecule has 2 unspecified atom stereocenters. The molecule has 3 aliphatic rings. The van der Waals surface area contributed by atoms with Gasteiger partial charge in [-0.1, -0.05) is 29.4 Å². The molecule has 0 spiro atoms. The van der Waals surface area contributed by atoms with Crippen LogP contribution in [0, 0.1) is 12.3 Å². The predicted octanol–water partition coefficient (Wildman–Crippen LogP) is 2.30. The standard InChI is InChI=1S/C20H25N3O3.B/c1-15-21-18(26-22-15)8-5-9-20-10-12-23(13-11-20)17(19(20)24)14-25-16-6-3-2-4-7-16;/h2-8,17,19,24H,9-14H2,1H3;. The molecule has 1 aromatic heterocycles. The summed E-state index contributed by atoms with van der Waals surface area (Å²) in [6.45, 7) is 4.33. The van der Waals surface area contributed by atoms with E-state index in [9.17, 15) is 5.11 Å². The summed E-state index contributed by atoms with van der Waals surface area (Å²) in [5.74, 6) is 2.00. The lowest BCUT2D eigenvalue weighted by Gasteiger charge is -2.56. The molecule has 1 N–H and O–H groups in total. The second-order valence-electron chi connectivity index (χ2n) is 7.32. The number of piperidine rings is 3. The maximum Gasteiger partial charge on any atom is 0.250 e. The Bertz CT molecular complexity index is 757. The van der Waals surface area contributed by atoms with E-state index >= 15 is 0 Å². The lowest BCUT2D eigenvalue weighted by molar-refractivity contribution is -0.140. The Kier molecular flexibility index (Phi) is 6.02. The quantitative estimate of drug-likeness (QED) is 0.791. The summed E-state index contributed by atoms with van der Waals surface area (Å²) in [5.41, 5.74) is -0.0922. The summed E-state index contributed by atoms with van der Waals surface area (Å²) >= 11 is 0. The average Bonchev–Trinajstić information content (AvgIpc) is 3.08. The first-order valence-corrected chi connectivity index (χ1v) is 9.23. The Morgan fingerprint density at radius 3 is 2.70 bits per heavy atom. The molecule has 2 atom stereocenters. The molecule has 141 valence electrons. The maximum atomic E-state index is 11.1. The third kappa shape index (κ3) is 4.09. The molecule has 0 aliphatic carbocycles. The number of allylic oxidation sites excluding steroid dienone is 1. The molecule has 0 saturated carbocycles. The van der Waals surface area contributed by atoms with E-state index in [0.29, 0.717) is 18.3 Å². The van der Waals surface area contributed by atoms with Crippen molar-refractivity contribution in [1.82, 2.24) is 15.0 Å². The summed E-state index contributed by atoms with van der Waals surface area (Å²) in [6.07, 6.45) is 6.34. The fourth-order valence-corrected chi connectivity index (χ4v) is 4.20. The fourth-order valence-electron chi connectivity index (χ4n) is 4.20. The van der Waals surface area contributed by atoms with Crippen LogP contribution in [0.25, 0.3) is 6.08 Å². The van der Waals surface area contributed by atoms with Crippen LogP contribution in [0.5, 0.6) is 5.75 Å². The van der Waals surface area contributed by atoms with Crippen LogP contribution < -0.4 is 4.74 Å². The highest BCUT2D eigenvalue weighted by molar-refractivity contribution is 5.75. The van der Waals surface area contributed by atoms with Gasteiger partial charge in [0.05, 0.1) is 12.1 Å². The minimum Gasteiger partial charge on any atom is -0.492 e. The number of hydrogen-bond donors (Lipinski definition) is 1. The van der Waals surface area contributed by atoms with E-state index in [4.69, 9.17) is 9.26 Å².